The smallest absolute Gasteiger partial charge is 0.289 e. The van der Waals surface area contributed by atoms with Gasteiger partial charge in [0.05, 0.1) is 6.04 Å². The summed E-state index contributed by atoms with van der Waals surface area (Å²) >= 11 is 0. The van der Waals surface area contributed by atoms with Crippen LogP contribution in [-0.4, -0.2) is 21.1 Å². The second-order valence-electron chi connectivity index (χ2n) is 3.94. The number of benzene rings is 1. The van der Waals surface area contributed by atoms with Gasteiger partial charge in [-0.3, -0.25) is 9.89 Å². The summed E-state index contributed by atoms with van der Waals surface area (Å²) in [5, 5.41) is 9.01. The van der Waals surface area contributed by atoms with Crippen LogP contribution in [0.1, 0.15) is 34.7 Å². The lowest BCUT2D eigenvalue weighted by atomic mass is 10.1. The van der Waals surface area contributed by atoms with Crippen LogP contribution < -0.4 is 5.32 Å². The number of aromatic amines is 1. The summed E-state index contributed by atoms with van der Waals surface area (Å²) in [6.45, 7) is 3.96. The number of aromatic nitrogens is 3. The Balaban J connectivity index is 2.04. The average molecular weight is 230 g/mol. The number of H-pyrrole nitrogens is 1. The third kappa shape index (κ3) is 2.69. The topological polar surface area (TPSA) is 70.7 Å². The summed E-state index contributed by atoms with van der Waals surface area (Å²) in [7, 11) is 0. The molecule has 1 aromatic carbocycles. The molecule has 0 aliphatic rings. The number of hydrogen-bond acceptors (Lipinski definition) is 3. The SMILES string of the molecule is Cc1ccc(C(C)NC(=O)c2ncn[nH]2)cc1. The van der Waals surface area contributed by atoms with Crippen molar-refractivity contribution in [3.63, 3.8) is 0 Å². The lowest BCUT2D eigenvalue weighted by molar-refractivity contribution is 0.0930. The summed E-state index contributed by atoms with van der Waals surface area (Å²) in [5.74, 6) is -0.0282. The van der Waals surface area contributed by atoms with Crippen LogP contribution in [0, 0.1) is 6.92 Å². The highest BCUT2D eigenvalue weighted by Crippen LogP contribution is 2.13. The summed E-state index contributed by atoms with van der Waals surface area (Å²) < 4.78 is 0. The Morgan fingerprint density at radius 3 is 2.65 bits per heavy atom. The lowest BCUT2D eigenvalue weighted by Gasteiger charge is -2.13. The first-order valence-electron chi connectivity index (χ1n) is 5.39. The van der Waals surface area contributed by atoms with E-state index in [1.165, 1.54) is 11.9 Å². The molecule has 1 heterocycles. The molecule has 0 radical (unpaired) electrons. The third-order valence-corrected chi connectivity index (χ3v) is 2.56. The van der Waals surface area contributed by atoms with E-state index in [1.54, 1.807) is 0 Å². The molecule has 2 N–H and O–H groups in total. The van der Waals surface area contributed by atoms with Crippen LogP contribution in [-0.2, 0) is 0 Å². The number of nitrogens with one attached hydrogen (secondary N) is 2. The van der Waals surface area contributed by atoms with E-state index < -0.39 is 0 Å². The van der Waals surface area contributed by atoms with Gasteiger partial charge in [-0.05, 0) is 19.4 Å². The first kappa shape index (κ1) is 11.3. The predicted molar refractivity (Wildman–Crippen MR) is 63.4 cm³/mol. The van der Waals surface area contributed by atoms with Crippen LogP contribution in [0.5, 0.6) is 0 Å². The van der Waals surface area contributed by atoms with Crippen molar-refractivity contribution in [2.45, 2.75) is 19.9 Å². The molecule has 1 aromatic heterocycles. The van der Waals surface area contributed by atoms with Crippen molar-refractivity contribution in [3.05, 3.63) is 47.5 Å². The highest BCUT2D eigenvalue weighted by molar-refractivity contribution is 5.90. The maximum Gasteiger partial charge on any atom is 0.289 e. The van der Waals surface area contributed by atoms with Gasteiger partial charge in [0.25, 0.3) is 5.91 Å². The van der Waals surface area contributed by atoms with Crippen LogP contribution >= 0.6 is 0 Å². The number of amides is 1. The number of hydrogen-bond donors (Lipinski definition) is 2. The fraction of sp³-hybridized carbons (Fsp3) is 0.250. The number of carbonyl (C=O) groups is 1. The van der Waals surface area contributed by atoms with E-state index in [9.17, 15) is 4.79 Å². The number of carbonyl (C=O) groups excluding carboxylic acids is 1. The summed E-state index contributed by atoms with van der Waals surface area (Å²) in [6.07, 6.45) is 1.31. The van der Waals surface area contributed by atoms with Crippen molar-refractivity contribution >= 4 is 5.91 Å². The van der Waals surface area contributed by atoms with E-state index in [1.807, 2.05) is 38.1 Å². The molecule has 2 rings (SSSR count). The van der Waals surface area contributed by atoms with Crippen LogP contribution in [0.3, 0.4) is 0 Å². The van der Waals surface area contributed by atoms with E-state index in [0.717, 1.165) is 5.56 Å². The van der Waals surface area contributed by atoms with Gasteiger partial charge in [0.15, 0.2) is 0 Å². The first-order valence-corrected chi connectivity index (χ1v) is 5.39. The number of aryl methyl sites for hydroxylation is 1. The van der Waals surface area contributed by atoms with Gasteiger partial charge in [-0.25, -0.2) is 4.98 Å². The molecule has 0 aliphatic carbocycles. The first-order chi connectivity index (χ1) is 8.16. The Morgan fingerprint density at radius 2 is 2.06 bits per heavy atom. The van der Waals surface area contributed by atoms with E-state index in [0.29, 0.717) is 0 Å². The minimum Gasteiger partial charge on any atom is -0.343 e. The van der Waals surface area contributed by atoms with Crippen molar-refractivity contribution in [1.29, 1.82) is 0 Å². The highest BCUT2D eigenvalue weighted by Gasteiger charge is 2.13. The molecule has 17 heavy (non-hydrogen) atoms. The van der Waals surface area contributed by atoms with Crippen LogP contribution in [0.4, 0.5) is 0 Å². The van der Waals surface area contributed by atoms with E-state index in [2.05, 4.69) is 20.5 Å². The van der Waals surface area contributed by atoms with Gasteiger partial charge in [-0.2, -0.15) is 5.10 Å². The summed E-state index contributed by atoms with van der Waals surface area (Å²) in [6, 6.07) is 7.98. The molecule has 1 atom stereocenters. The third-order valence-electron chi connectivity index (χ3n) is 2.56. The van der Waals surface area contributed by atoms with Crippen LogP contribution in [0.25, 0.3) is 0 Å². The second-order valence-corrected chi connectivity index (χ2v) is 3.94. The van der Waals surface area contributed by atoms with Crippen molar-refractivity contribution in [2.24, 2.45) is 0 Å². The Hall–Kier alpha value is -2.17. The van der Waals surface area contributed by atoms with Crippen molar-refractivity contribution in [3.8, 4) is 0 Å². The molecule has 0 aliphatic heterocycles. The zero-order valence-corrected chi connectivity index (χ0v) is 9.77. The normalized spacial score (nSPS) is 12.1. The van der Waals surface area contributed by atoms with Crippen molar-refractivity contribution < 1.29 is 4.79 Å². The molecule has 0 saturated heterocycles. The van der Waals surface area contributed by atoms with E-state index in [4.69, 9.17) is 0 Å². The summed E-state index contributed by atoms with van der Waals surface area (Å²) in [5.41, 5.74) is 2.26. The van der Waals surface area contributed by atoms with Gasteiger partial charge in [0, 0.05) is 0 Å². The number of nitrogens with zero attached hydrogens (tertiary/aromatic N) is 2. The summed E-state index contributed by atoms with van der Waals surface area (Å²) in [4.78, 5) is 15.5. The molecule has 0 spiro atoms. The maximum absolute atomic E-state index is 11.7. The highest BCUT2D eigenvalue weighted by atomic mass is 16.2. The van der Waals surface area contributed by atoms with Crippen LogP contribution in [0.2, 0.25) is 0 Å². The molecular weight excluding hydrogens is 216 g/mol. The van der Waals surface area contributed by atoms with E-state index in [-0.39, 0.29) is 17.8 Å². The molecule has 0 saturated carbocycles. The Bertz CT molecular complexity index is 490. The Labute approximate surface area is 99.3 Å². The largest absolute Gasteiger partial charge is 0.343 e. The van der Waals surface area contributed by atoms with Crippen molar-refractivity contribution in [1.82, 2.24) is 20.5 Å². The van der Waals surface area contributed by atoms with E-state index >= 15 is 0 Å². The Kier molecular flexibility index (Phi) is 3.18. The van der Waals surface area contributed by atoms with Crippen molar-refractivity contribution in [2.75, 3.05) is 0 Å². The molecular formula is C12H14N4O. The zero-order chi connectivity index (χ0) is 12.3. The molecule has 0 bridgehead atoms. The molecule has 0 fully saturated rings. The number of rotatable bonds is 3. The zero-order valence-electron chi connectivity index (χ0n) is 9.77. The second kappa shape index (κ2) is 4.78. The van der Waals surface area contributed by atoms with Gasteiger partial charge in [-0.1, -0.05) is 29.8 Å². The van der Waals surface area contributed by atoms with Crippen LogP contribution in [0.15, 0.2) is 30.6 Å². The van der Waals surface area contributed by atoms with Gasteiger partial charge >= 0.3 is 0 Å². The molecule has 88 valence electrons. The van der Waals surface area contributed by atoms with Gasteiger partial charge in [0.1, 0.15) is 6.33 Å². The minimum atomic E-state index is -0.254. The standard InChI is InChI=1S/C12H14N4O/c1-8-3-5-10(6-4-8)9(2)15-12(17)11-13-7-14-16-11/h3-7,9H,1-2H3,(H,15,17)(H,13,14,16). The maximum atomic E-state index is 11.7. The fourth-order valence-corrected chi connectivity index (χ4v) is 1.52. The monoisotopic (exact) mass is 230 g/mol. The molecule has 5 heteroatoms. The molecule has 5 nitrogen and oxygen atoms in total. The quantitative estimate of drug-likeness (QED) is 0.841. The molecule has 2 aromatic rings. The predicted octanol–water partition coefficient (Wildman–Crippen LogP) is 1.60. The van der Waals surface area contributed by atoms with Gasteiger partial charge in [0.2, 0.25) is 5.82 Å². The average Bonchev–Trinajstić information content (AvgIpc) is 2.83. The van der Waals surface area contributed by atoms with Gasteiger partial charge in [-0.15, -0.1) is 0 Å². The molecule has 1 amide bonds. The Morgan fingerprint density at radius 1 is 1.35 bits per heavy atom. The molecule has 1 unspecified atom stereocenters. The fourth-order valence-electron chi connectivity index (χ4n) is 1.52. The minimum absolute atomic E-state index is 0.0619. The lowest BCUT2D eigenvalue weighted by Crippen LogP contribution is -2.27. The van der Waals surface area contributed by atoms with Gasteiger partial charge < -0.3 is 5.32 Å².